The van der Waals surface area contributed by atoms with E-state index in [1.54, 1.807) is 18.2 Å². The highest BCUT2D eigenvalue weighted by molar-refractivity contribution is 7.99. The Balaban J connectivity index is 1.50. The van der Waals surface area contributed by atoms with E-state index in [1.807, 2.05) is 53.1 Å². The Morgan fingerprint density at radius 1 is 1.03 bits per heavy atom. The predicted molar refractivity (Wildman–Crippen MR) is 133 cm³/mol. The topological polar surface area (TPSA) is 115 Å². The van der Waals surface area contributed by atoms with E-state index in [0.29, 0.717) is 22.5 Å². The van der Waals surface area contributed by atoms with Gasteiger partial charge in [0.1, 0.15) is 5.69 Å². The SMILES string of the molecule is O=C(CSc1nnc(CNc2cccc(Cl)c2)n1-c1ccccc1)Nc1ccccc1[N+](=O)[O-]. The van der Waals surface area contributed by atoms with E-state index in [-0.39, 0.29) is 23.0 Å². The molecule has 1 amide bonds. The molecule has 1 aromatic heterocycles. The van der Waals surface area contributed by atoms with E-state index < -0.39 is 4.92 Å². The fraction of sp³-hybridized carbons (Fsp3) is 0.0870. The number of nitrogens with one attached hydrogen (secondary N) is 2. The van der Waals surface area contributed by atoms with E-state index in [0.717, 1.165) is 11.4 Å². The van der Waals surface area contributed by atoms with Crippen molar-refractivity contribution in [3.8, 4) is 5.69 Å². The molecule has 11 heteroatoms. The van der Waals surface area contributed by atoms with Crippen molar-refractivity contribution in [3.05, 3.63) is 99.8 Å². The van der Waals surface area contributed by atoms with Crippen LogP contribution in [0.3, 0.4) is 0 Å². The monoisotopic (exact) mass is 494 g/mol. The van der Waals surface area contributed by atoms with Crippen molar-refractivity contribution in [1.29, 1.82) is 0 Å². The van der Waals surface area contributed by atoms with Crippen molar-refractivity contribution < 1.29 is 9.72 Å². The molecular weight excluding hydrogens is 476 g/mol. The molecule has 9 nitrogen and oxygen atoms in total. The molecule has 0 bridgehead atoms. The highest BCUT2D eigenvalue weighted by Crippen LogP contribution is 2.26. The predicted octanol–water partition coefficient (Wildman–Crippen LogP) is 5.17. The van der Waals surface area contributed by atoms with Gasteiger partial charge in [-0.15, -0.1) is 10.2 Å². The fourth-order valence-electron chi connectivity index (χ4n) is 3.18. The zero-order valence-electron chi connectivity index (χ0n) is 17.7. The average molecular weight is 495 g/mol. The second kappa shape index (κ2) is 10.8. The molecule has 0 saturated carbocycles. The van der Waals surface area contributed by atoms with Crippen molar-refractivity contribution in [2.24, 2.45) is 0 Å². The number of aromatic nitrogens is 3. The lowest BCUT2D eigenvalue weighted by Crippen LogP contribution is -2.15. The molecule has 4 aromatic rings. The van der Waals surface area contributed by atoms with Gasteiger partial charge >= 0.3 is 0 Å². The Morgan fingerprint density at radius 3 is 2.56 bits per heavy atom. The Kier molecular flexibility index (Phi) is 7.41. The number of amides is 1. The molecule has 0 aliphatic carbocycles. The van der Waals surface area contributed by atoms with Gasteiger partial charge in [0.25, 0.3) is 5.69 Å². The third-order valence-corrected chi connectivity index (χ3v) is 5.86. The maximum Gasteiger partial charge on any atom is 0.292 e. The number of thioether (sulfide) groups is 1. The van der Waals surface area contributed by atoms with Crippen LogP contribution in [-0.4, -0.2) is 31.3 Å². The second-order valence-corrected chi connectivity index (χ2v) is 8.42. The number of hydrogen-bond acceptors (Lipinski definition) is 7. The molecule has 172 valence electrons. The van der Waals surface area contributed by atoms with E-state index in [2.05, 4.69) is 20.8 Å². The Hall–Kier alpha value is -3.89. The number of rotatable bonds is 9. The second-order valence-electron chi connectivity index (χ2n) is 7.04. The molecule has 0 saturated heterocycles. The van der Waals surface area contributed by atoms with Crippen LogP contribution in [0.15, 0.2) is 84.0 Å². The molecule has 3 aromatic carbocycles. The minimum atomic E-state index is -0.534. The Labute approximate surface area is 204 Å². The van der Waals surface area contributed by atoms with Crippen LogP contribution in [-0.2, 0) is 11.3 Å². The summed E-state index contributed by atoms with van der Waals surface area (Å²) in [5.41, 5.74) is 1.67. The molecule has 0 unspecified atom stereocenters. The van der Waals surface area contributed by atoms with Crippen LogP contribution in [0.2, 0.25) is 5.02 Å². The summed E-state index contributed by atoms with van der Waals surface area (Å²) in [6.07, 6.45) is 0. The number of halogens is 1. The third kappa shape index (κ3) is 5.72. The van der Waals surface area contributed by atoms with Gasteiger partial charge in [-0.2, -0.15) is 0 Å². The van der Waals surface area contributed by atoms with E-state index in [4.69, 9.17) is 11.6 Å². The van der Waals surface area contributed by atoms with Crippen LogP contribution in [0, 0.1) is 10.1 Å². The molecule has 0 radical (unpaired) electrons. The Bertz CT molecular complexity index is 1320. The lowest BCUT2D eigenvalue weighted by molar-refractivity contribution is -0.383. The summed E-state index contributed by atoms with van der Waals surface area (Å²) in [4.78, 5) is 23.2. The van der Waals surface area contributed by atoms with E-state index in [1.165, 1.54) is 23.9 Å². The molecule has 0 aliphatic rings. The molecular formula is C23H19ClN6O3S. The molecule has 34 heavy (non-hydrogen) atoms. The quantitative estimate of drug-likeness (QED) is 0.187. The average Bonchev–Trinajstić information content (AvgIpc) is 3.25. The highest BCUT2D eigenvalue weighted by atomic mass is 35.5. The summed E-state index contributed by atoms with van der Waals surface area (Å²) in [7, 11) is 0. The number of hydrogen-bond donors (Lipinski definition) is 2. The van der Waals surface area contributed by atoms with Crippen LogP contribution in [0.4, 0.5) is 17.1 Å². The normalized spacial score (nSPS) is 10.6. The number of nitro benzene ring substituents is 1. The minimum absolute atomic E-state index is 0.00125. The van der Waals surface area contributed by atoms with Crippen molar-refractivity contribution in [2.75, 3.05) is 16.4 Å². The first-order chi connectivity index (χ1) is 16.5. The largest absolute Gasteiger partial charge is 0.378 e. The smallest absolute Gasteiger partial charge is 0.292 e. The van der Waals surface area contributed by atoms with Crippen molar-refractivity contribution in [3.63, 3.8) is 0 Å². The standard InChI is InChI=1S/C23H19ClN6O3S/c24-16-7-6-8-17(13-16)25-14-21-27-28-23(29(21)18-9-2-1-3-10-18)34-15-22(31)26-19-11-4-5-12-20(19)30(32)33/h1-13,25H,14-15H2,(H,26,31). The van der Waals surface area contributed by atoms with Gasteiger partial charge in [0.15, 0.2) is 11.0 Å². The van der Waals surface area contributed by atoms with Gasteiger partial charge in [0.05, 0.1) is 17.2 Å². The van der Waals surface area contributed by atoms with Crippen LogP contribution >= 0.6 is 23.4 Å². The lowest BCUT2D eigenvalue weighted by atomic mass is 10.2. The number of anilines is 2. The number of carbonyl (C=O) groups excluding carboxylic acids is 1. The third-order valence-electron chi connectivity index (χ3n) is 4.70. The molecule has 1 heterocycles. The van der Waals surface area contributed by atoms with Crippen molar-refractivity contribution in [2.45, 2.75) is 11.7 Å². The molecule has 0 fully saturated rings. The number of carbonyl (C=O) groups is 1. The number of para-hydroxylation sites is 3. The minimum Gasteiger partial charge on any atom is -0.378 e. The van der Waals surface area contributed by atoms with Crippen LogP contribution in [0.25, 0.3) is 5.69 Å². The first-order valence-electron chi connectivity index (χ1n) is 10.2. The van der Waals surface area contributed by atoms with Gasteiger partial charge in [-0.1, -0.05) is 59.8 Å². The summed E-state index contributed by atoms with van der Waals surface area (Å²) in [6.45, 7) is 0.380. The molecule has 0 spiro atoms. The zero-order chi connectivity index (χ0) is 23.9. The fourth-order valence-corrected chi connectivity index (χ4v) is 4.14. The van der Waals surface area contributed by atoms with Gasteiger partial charge in [0.2, 0.25) is 5.91 Å². The lowest BCUT2D eigenvalue weighted by Gasteiger charge is -2.11. The van der Waals surface area contributed by atoms with E-state index in [9.17, 15) is 14.9 Å². The van der Waals surface area contributed by atoms with Crippen molar-refractivity contribution in [1.82, 2.24) is 14.8 Å². The van der Waals surface area contributed by atoms with Crippen LogP contribution in [0.5, 0.6) is 0 Å². The first kappa shape index (κ1) is 23.3. The van der Waals surface area contributed by atoms with Gasteiger partial charge in [-0.3, -0.25) is 19.5 Å². The number of nitrogens with zero attached hydrogens (tertiary/aromatic N) is 4. The van der Waals surface area contributed by atoms with Gasteiger partial charge in [0, 0.05) is 22.5 Å². The number of benzene rings is 3. The van der Waals surface area contributed by atoms with Crippen molar-refractivity contribution >= 4 is 46.3 Å². The first-order valence-corrected chi connectivity index (χ1v) is 11.5. The van der Waals surface area contributed by atoms with Crippen LogP contribution < -0.4 is 10.6 Å². The summed E-state index contributed by atoms with van der Waals surface area (Å²) < 4.78 is 1.86. The molecule has 0 atom stereocenters. The summed E-state index contributed by atoms with van der Waals surface area (Å²) in [5, 5.41) is 26.8. The molecule has 0 aliphatic heterocycles. The van der Waals surface area contributed by atoms with Gasteiger partial charge in [-0.05, 0) is 36.4 Å². The summed E-state index contributed by atoms with van der Waals surface area (Å²) in [5.74, 6) is 0.256. The van der Waals surface area contributed by atoms with Crippen LogP contribution in [0.1, 0.15) is 5.82 Å². The van der Waals surface area contributed by atoms with E-state index >= 15 is 0 Å². The number of nitro groups is 1. The van der Waals surface area contributed by atoms with Gasteiger partial charge in [-0.25, -0.2) is 0 Å². The molecule has 4 rings (SSSR count). The maximum atomic E-state index is 12.5. The molecule has 2 N–H and O–H groups in total. The maximum absolute atomic E-state index is 12.5. The zero-order valence-corrected chi connectivity index (χ0v) is 19.3. The summed E-state index contributed by atoms with van der Waals surface area (Å²) in [6, 6.07) is 22.9. The Morgan fingerprint density at radius 2 is 1.79 bits per heavy atom. The highest BCUT2D eigenvalue weighted by Gasteiger charge is 2.18. The van der Waals surface area contributed by atoms with Gasteiger partial charge < -0.3 is 10.6 Å². The summed E-state index contributed by atoms with van der Waals surface area (Å²) >= 11 is 7.25.